The van der Waals surface area contributed by atoms with Crippen molar-refractivity contribution in [3.8, 4) is 11.5 Å². The van der Waals surface area contributed by atoms with Crippen LogP contribution in [-0.2, 0) is 17.9 Å². The predicted octanol–water partition coefficient (Wildman–Crippen LogP) is 3.41. The lowest BCUT2D eigenvalue weighted by atomic mass is 10.1. The summed E-state index contributed by atoms with van der Waals surface area (Å²) in [6, 6.07) is 17.5. The molecule has 0 radical (unpaired) electrons. The van der Waals surface area contributed by atoms with E-state index in [4.69, 9.17) is 4.74 Å². The number of ether oxygens (including phenoxy) is 1. The lowest BCUT2D eigenvalue weighted by molar-refractivity contribution is -0.124. The summed E-state index contributed by atoms with van der Waals surface area (Å²) in [4.78, 5) is 23.1. The average Bonchev–Trinajstić information content (AvgIpc) is 3.22. The average molecular weight is 388 g/mol. The lowest BCUT2D eigenvalue weighted by Crippen LogP contribution is -2.32. The molecular weight excluding hydrogens is 364 g/mol. The van der Waals surface area contributed by atoms with E-state index in [0.29, 0.717) is 6.54 Å². The molecule has 1 atom stereocenters. The van der Waals surface area contributed by atoms with Gasteiger partial charge in [-0.25, -0.2) is 0 Å². The number of benzene rings is 1. The molecule has 1 aromatic carbocycles. The fraction of sp³-hybridized carbons (Fsp3) is 0.261. The van der Waals surface area contributed by atoms with Crippen LogP contribution in [0.1, 0.15) is 17.7 Å². The molecule has 0 bridgehead atoms. The Hall–Kier alpha value is -3.25. The molecule has 1 amide bonds. The first-order valence-corrected chi connectivity index (χ1v) is 9.83. The molecule has 29 heavy (non-hydrogen) atoms. The van der Waals surface area contributed by atoms with E-state index in [1.807, 2.05) is 48.5 Å². The number of rotatable bonds is 7. The zero-order valence-corrected chi connectivity index (χ0v) is 16.2. The quantitative estimate of drug-likeness (QED) is 0.672. The zero-order chi connectivity index (χ0) is 19.9. The molecule has 6 nitrogen and oxygen atoms in total. The van der Waals surface area contributed by atoms with Gasteiger partial charge in [0.15, 0.2) is 0 Å². The molecule has 0 aliphatic carbocycles. The van der Waals surface area contributed by atoms with Crippen LogP contribution in [0.3, 0.4) is 0 Å². The van der Waals surface area contributed by atoms with Crippen LogP contribution in [-0.4, -0.2) is 33.9 Å². The monoisotopic (exact) mass is 388 g/mol. The highest BCUT2D eigenvalue weighted by Crippen LogP contribution is 2.24. The van der Waals surface area contributed by atoms with E-state index >= 15 is 0 Å². The van der Waals surface area contributed by atoms with Crippen LogP contribution in [0.15, 0.2) is 73.2 Å². The van der Waals surface area contributed by atoms with Crippen LogP contribution in [0.5, 0.6) is 11.5 Å². The van der Waals surface area contributed by atoms with E-state index in [1.165, 1.54) is 5.56 Å². The molecule has 3 aromatic rings. The van der Waals surface area contributed by atoms with Crippen LogP contribution in [0.4, 0.5) is 0 Å². The fourth-order valence-electron chi connectivity index (χ4n) is 3.52. The van der Waals surface area contributed by atoms with Gasteiger partial charge in [-0.2, -0.15) is 0 Å². The predicted molar refractivity (Wildman–Crippen MR) is 110 cm³/mol. The van der Waals surface area contributed by atoms with Crippen molar-refractivity contribution in [1.29, 1.82) is 0 Å². The molecule has 1 aliphatic rings. The number of likely N-dealkylation sites (tertiary alicyclic amines) is 1. The zero-order valence-electron chi connectivity index (χ0n) is 16.2. The number of amides is 1. The van der Waals surface area contributed by atoms with Gasteiger partial charge in [-0.05, 0) is 54.9 Å². The van der Waals surface area contributed by atoms with Gasteiger partial charge in [0.25, 0.3) is 0 Å². The third-order valence-electron chi connectivity index (χ3n) is 4.99. The maximum atomic E-state index is 12.5. The summed E-state index contributed by atoms with van der Waals surface area (Å²) >= 11 is 0. The normalized spacial score (nSPS) is 16.5. The highest BCUT2D eigenvalue weighted by atomic mass is 16.5. The van der Waals surface area contributed by atoms with Gasteiger partial charge in [0.2, 0.25) is 5.91 Å². The molecule has 0 spiro atoms. The summed E-state index contributed by atoms with van der Waals surface area (Å²) in [6.07, 6.45) is 6.03. The standard InChI is InChI=1S/C23H24N4O2/c28-23(26-14-20-6-1-2-11-25-20)19-9-12-27(17-19)16-18-5-3-7-21(13-18)29-22-8-4-10-24-15-22/h1-8,10-11,13,15,19H,9,12,14,16-17H2,(H,26,28). The maximum absolute atomic E-state index is 12.5. The number of hydrogen-bond donors (Lipinski definition) is 1. The van der Waals surface area contributed by atoms with Gasteiger partial charge >= 0.3 is 0 Å². The van der Waals surface area contributed by atoms with E-state index in [9.17, 15) is 4.79 Å². The first-order valence-electron chi connectivity index (χ1n) is 9.83. The first-order chi connectivity index (χ1) is 14.3. The number of nitrogens with zero attached hydrogens (tertiary/aromatic N) is 3. The molecular formula is C23H24N4O2. The molecule has 4 rings (SSSR count). The number of pyridine rings is 2. The number of aromatic nitrogens is 2. The Balaban J connectivity index is 1.28. The third kappa shape index (κ3) is 5.39. The Labute approximate surface area is 170 Å². The van der Waals surface area contributed by atoms with Gasteiger partial charge in [-0.1, -0.05) is 18.2 Å². The Morgan fingerprint density at radius 3 is 2.86 bits per heavy atom. The minimum atomic E-state index is 0.0218. The molecule has 1 N–H and O–H groups in total. The molecule has 1 unspecified atom stereocenters. The Morgan fingerprint density at radius 2 is 2.03 bits per heavy atom. The van der Waals surface area contributed by atoms with Gasteiger partial charge < -0.3 is 10.1 Å². The molecule has 1 aliphatic heterocycles. The second-order valence-electron chi connectivity index (χ2n) is 7.20. The molecule has 1 saturated heterocycles. The van der Waals surface area contributed by atoms with E-state index in [0.717, 1.165) is 43.2 Å². The van der Waals surface area contributed by atoms with Crippen LogP contribution in [0, 0.1) is 5.92 Å². The summed E-state index contributed by atoms with van der Waals surface area (Å²) in [5.41, 5.74) is 2.04. The summed E-state index contributed by atoms with van der Waals surface area (Å²) in [5, 5.41) is 3.01. The number of carbonyl (C=O) groups is 1. The first kappa shape index (κ1) is 19.1. The van der Waals surface area contributed by atoms with E-state index < -0.39 is 0 Å². The molecule has 0 saturated carbocycles. The van der Waals surface area contributed by atoms with E-state index in [1.54, 1.807) is 18.6 Å². The lowest BCUT2D eigenvalue weighted by Gasteiger charge is -2.16. The van der Waals surface area contributed by atoms with Crippen molar-refractivity contribution in [3.63, 3.8) is 0 Å². The summed E-state index contributed by atoms with van der Waals surface area (Å²) < 4.78 is 5.87. The van der Waals surface area contributed by atoms with Crippen LogP contribution in [0.2, 0.25) is 0 Å². The van der Waals surface area contributed by atoms with Gasteiger partial charge in [-0.3, -0.25) is 19.7 Å². The van der Waals surface area contributed by atoms with Crippen LogP contribution in [0.25, 0.3) is 0 Å². The fourth-order valence-corrected chi connectivity index (χ4v) is 3.52. The second kappa shape index (κ2) is 9.30. The van der Waals surface area contributed by atoms with Crippen molar-refractivity contribution in [2.75, 3.05) is 13.1 Å². The van der Waals surface area contributed by atoms with Crippen molar-refractivity contribution >= 4 is 5.91 Å². The van der Waals surface area contributed by atoms with Crippen molar-refractivity contribution in [2.45, 2.75) is 19.5 Å². The van der Waals surface area contributed by atoms with Crippen LogP contribution >= 0.6 is 0 Å². The molecule has 6 heteroatoms. The van der Waals surface area contributed by atoms with E-state index in [-0.39, 0.29) is 11.8 Å². The minimum Gasteiger partial charge on any atom is -0.456 e. The Bertz CT molecular complexity index is 934. The SMILES string of the molecule is O=C(NCc1ccccn1)C1CCN(Cc2cccc(Oc3cccnc3)c2)C1. The minimum absolute atomic E-state index is 0.0218. The van der Waals surface area contributed by atoms with Crippen molar-refractivity contribution in [3.05, 3.63) is 84.4 Å². The summed E-state index contributed by atoms with van der Waals surface area (Å²) in [7, 11) is 0. The van der Waals surface area contributed by atoms with Gasteiger partial charge in [0.05, 0.1) is 24.4 Å². The van der Waals surface area contributed by atoms with Crippen molar-refractivity contribution < 1.29 is 9.53 Å². The van der Waals surface area contributed by atoms with Gasteiger partial charge in [-0.15, -0.1) is 0 Å². The van der Waals surface area contributed by atoms with E-state index in [2.05, 4.69) is 26.3 Å². The Kier molecular flexibility index (Phi) is 6.12. The largest absolute Gasteiger partial charge is 0.456 e. The topological polar surface area (TPSA) is 67.4 Å². The third-order valence-corrected chi connectivity index (χ3v) is 4.99. The van der Waals surface area contributed by atoms with Crippen LogP contribution < -0.4 is 10.1 Å². The second-order valence-corrected chi connectivity index (χ2v) is 7.20. The van der Waals surface area contributed by atoms with Crippen molar-refractivity contribution in [1.82, 2.24) is 20.2 Å². The molecule has 148 valence electrons. The summed E-state index contributed by atoms with van der Waals surface area (Å²) in [6.45, 7) is 2.95. The smallest absolute Gasteiger partial charge is 0.224 e. The van der Waals surface area contributed by atoms with Gasteiger partial charge in [0.1, 0.15) is 11.5 Å². The summed E-state index contributed by atoms with van der Waals surface area (Å²) in [5.74, 6) is 1.63. The number of nitrogens with one attached hydrogen (secondary N) is 1. The number of hydrogen-bond acceptors (Lipinski definition) is 5. The maximum Gasteiger partial charge on any atom is 0.224 e. The van der Waals surface area contributed by atoms with Gasteiger partial charge in [0, 0.05) is 25.5 Å². The Morgan fingerprint density at radius 1 is 1.10 bits per heavy atom. The number of carbonyl (C=O) groups excluding carboxylic acids is 1. The molecule has 3 heterocycles. The highest BCUT2D eigenvalue weighted by Gasteiger charge is 2.28. The molecule has 1 fully saturated rings. The van der Waals surface area contributed by atoms with Crippen molar-refractivity contribution in [2.24, 2.45) is 5.92 Å². The molecule has 2 aromatic heterocycles. The highest BCUT2D eigenvalue weighted by molar-refractivity contribution is 5.79.